The molecular formula is C7H8F2O4. The third-order valence-electron chi connectivity index (χ3n) is 2.63. The topological polar surface area (TPSA) is 70.1 Å². The molecule has 1 unspecified atom stereocenters. The lowest BCUT2D eigenvalue weighted by molar-refractivity contribution is -0.149. The van der Waals surface area contributed by atoms with Crippen LogP contribution in [-0.2, 0) is 9.53 Å². The molecule has 0 aromatic rings. The zero-order chi connectivity index (χ0) is 9.75. The first-order valence-electron chi connectivity index (χ1n) is 3.88. The van der Waals surface area contributed by atoms with Crippen molar-refractivity contribution < 1.29 is 28.5 Å². The van der Waals surface area contributed by atoms with Crippen molar-refractivity contribution in [3.8, 4) is 0 Å². The summed E-state index contributed by atoms with van der Waals surface area (Å²) in [7, 11) is 0. The van der Waals surface area contributed by atoms with Crippen LogP contribution in [0.2, 0.25) is 0 Å². The molecule has 6 heteroatoms. The van der Waals surface area contributed by atoms with Gasteiger partial charge < -0.3 is 14.9 Å². The molecule has 1 saturated carbocycles. The highest BCUT2D eigenvalue weighted by Gasteiger charge is 2.66. The third kappa shape index (κ3) is 1.13. The van der Waals surface area contributed by atoms with Gasteiger partial charge in [-0.25, -0.2) is 8.78 Å². The molecule has 5 atom stereocenters. The zero-order valence-corrected chi connectivity index (χ0v) is 6.43. The van der Waals surface area contributed by atoms with Crippen LogP contribution in [0.5, 0.6) is 0 Å². The average Bonchev–Trinajstić information content (AvgIpc) is 2.62. The Morgan fingerprint density at radius 1 is 1.38 bits per heavy atom. The van der Waals surface area contributed by atoms with Gasteiger partial charge in [-0.15, -0.1) is 0 Å². The van der Waals surface area contributed by atoms with Gasteiger partial charge in [0.15, 0.2) is 0 Å². The van der Waals surface area contributed by atoms with E-state index >= 15 is 0 Å². The van der Waals surface area contributed by atoms with E-state index in [0.29, 0.717) is 0 Å². The molecule has 0 aromatic carbocycles. The van der Waals surface area contributed by atoms with Crippen LogP contribution in [0.4, 0.5) is 8.78 Å². The van der Waals surface area contributed by atoms with E-state index in [2.05, 4.69) is 0 Å². The van der Waals surface area contributed by atoms with Gasteiger partial charge in [-0.3, -0.25) is 4.79 Å². The molecule has 1 aliphatic heterocycles. The van der Waals surface area contributed by atoms with Crippen LogP contribution >= 0.6 is 0 Å². The van der Waals surface area contributed by atoms with Crippen LogP contribution < -0.4 is 0 Å². The van der Waals surface area contributed by atoms with Gasteiger partial charge in [0.05, 0.1) is 18.1 Å². The highest BCUT2D eigenvalue weighted by molar-refractivity contribution is 5.73. The second kappa shape index (κ2) is 2.62. The van der Waals surface area contributed by atoms with E-state index in [0.717, 1.165) is 0 Å². The number of ether oxygens (including phenoxy) is 1. The maximum atomic E-state index is 12.3. The Hall–Kier alpha value is -0.750. The van der Waals surface area contributed by atoms with E-state index in [-0.39, 0.29) is 0 Å². The Kier molecular flexibility index (Phi) is 1.78. The molecule has 13 heavy (non-hydrogen) atoms. The van der Waals surface area contributed by atoms with Gasteiger partial charge in [-0.1, -0.05) is 0 Å². The largest absolute Gasteiger partial charge is 0.481 e. The van der Waals surface area contributed by atoms with Gasteiger partial charge in [0.1, 0.15) is 12.0 Å². The summed E-state index contributed by atoms with van der Waals surface area (Å²) in [5.74, 6) is -3.81. The van der Waals surface area contributed by atoms with Gasteiger partial charge >= 0.3 is 5.97 Å². The average molecular weight is 194 g/mol. The molecule has 0 spiro atoms. The molecule has 1 aliphatic carbocycles. The standard InChI is InChI=1S/C7H8F2O4/c8-6(9)1-3(10)2(7(11)12)5-4(1)13-5/h1-6,10H,(H,11,12)/t1?,2-,3+,4-,5-/m0/s1. The zero-order valence-electron chi connectivity index (χ0n) is 6.43. The highest BCUT2D eigenvalue weighted by Crippen LogP contribution is 2.49. The maximum absolute atomic E-state index is 12.3. The number of halogens is 2. The molecule has 0 aromatic heterocycles. The molecule has 1 saturated heterocycles. The number of hydrogen-bond donors (Lipinski definition) is 2. The monoisotopic (exact) mass is 194 g/mol. The van der Waals surface area contributed by atoms with Crippen LogP contribution in [-0.4, -0.2) is 40.9 Å². The fraction of sp³-hybridized carbons (Fsp3) is 0.857. The van der Waals surface area contributed by atoms with Crippen LogP contribution in [0.1, 0.15) is 0 Å². The van der Waals surface area contributed by atoms with E-state index in [1.165, 1.54) is 0 Å². The van der Waals surface area contributed by atoms with Crippen molar-refractivity contribution in [3.63, 3.8) is 0 Å². The summed E-state index contributed by atoms with van der Waals surface area (Å²) in [5, 5.41) is 17.8. The highest BCUT2D eigenvalue weighted by atomic mass is 19.3. The van der Waals surface area contributed by atoms with Crippen molar-refractivity contribution >= 4 is 5.97 Å². The number of rotatable bonds is 2. The fourth-order valence-corrected chi connectivity index (χ4v) is 1.94. The van der Waals surface area contributed by atoms with Crippen molar-refractivity contribution in [2.75, 3.05) is 0 Å². The minimum absolute atomic E-state index is 0.716. The van der Waals surface area contributed by atoms with Crippen LogP contribution in [0.25, 0.3) is 0 Å². The molecule has 1 heterocycles. The molecule has 74 valence electrons. The van der Waals surface area contributed by atoms with Gasteiger partial charge in [-0.05, 0) is 0 Å². The molecule has 4 nitrogen and oxygen atoms in total. The smallest absolute Gasteiger partial charge is 0.311 e. The summed E-state index contributed by atoms with van der Waals surface area (Å²) < 4.78 is 29.3. The number of alkyl halides is 2. The lowest BCUT2D eigenvalue weighted by Crippen LogP contribution is -2.35. The molecule has 0 amide bonds. The number of hydrogen-bond acceptors (Lipinski definition) is 3. The second-order valence-corrected chi connectivity index (χ2v) is 3.33. The molecule has 0 bridgehead atoms. The lowest BCUT2D eigenvalue weighted by atomic mass is 10.00. The normalized spacial score (nSPS) is 47.8. The van der Waals surface area contributed by atoms with E-state index < -0.39 is 42.5 Å². The van der Waals surface area contributed by atoms with Gasteiger partial charge in [0.25, 0.3) is 0 Å². The Bertz CT molecular complexity index is 245. The first kappa shape index (κ1) is 8.83. The molecule has 2 rings (SSSR count). The van der Waals surface area contributed by atoms with Crippen LogP contribution in [0.15, 0.2) is 0 Å². The summed E-state index contributed by atoms with van der Waals surface area (Å²) in [6, 6.07) is 0. The van der Waals surface area contributed by atoms with Crippen molar-refractivity contribution in [1.29, 1.82) is 0 Å². The minimum Gasteiger partial charge on any atom is -0.481 e. The number of aliphatic hydroxyl groups is 1. The Balaban J connectivity index is 2.16. The number of carboxylic acids is 1. The molecule has 0 radical (unpaired) electrons. The van der Waals surface area contributed by atoms with E-state index in [4.69, 9.17) is 9.84 Å². The molecule has 2 N–H and O–H groups in total. The van der Waals surface area contributed by atoms with Crippen LogP contribution in [0, 0.1) is 11.8 Å². The van der Waals surface area contributed by atoms with Gasteiger partial charge in [0.2, 0.25) is 6.43 Å². The third-order valence-corrected chi connectivity index (χ3v) is 2.63. The summed E-state index contributed by atoms with van der Waals surface area (Å²) in [5.41, 5.74) is 0. The number of carboxylic acid groups (broad SMARTS) is 1. The SMILES string of the molecule is O=C(O)[C@@H]1[C@@H]2O[C@H]2C(C(F)F)[C@H]1O. The summed E-state index contributed by atoms with van der Waals surface area (Å²) in [6.07, 6.45) is -5.70. The number of fused-ring (bicyclic) bond motifs is 1. The molecule has 2 fully saturated rings. The first-order valence-corrected chi connectivity index (χ1v) is 3.88. The number of epoxide rings is 1. The van der Waals surface area contributed by atoms with E-state index in [1.807, 2.05) is 0 Å². The minimum atomic E-state index is -2.73. The predicted octanol–water partition coefficient (Wildman–Crippen LogP) is -0.290. The molecular weight excluding hydrogens is 186 g/mol. The van der Waals surface area contributed by atoms with Crippen LogP contribution in [0.3, 0.4) is 0 Å². The Morgan fingerprint density at radius 2 is 2.00 bits per heavy atom. The van der Waals surface area contributed by atoms with Gasteiger partial charge in [-0.2, -0.15) is 0 Å². The number of carbonyl (C=O) groups is 1. The van der Waals surface area contributed by atoms with Crippen molar-refractivity contribution in [2.45, 2.75) is 24.7 Å². The summed E-state index contributed by atoms with van der Waals surface area (Å²) >= 11 is 0. The Labute approximate surface area is 72.1 Å². The number of aliphatic carboxylic acids is 1. The first-order chi connectivity index (χ1) is 6.04. The second-order valence-electron chi connectivity index (χ2n) is 3.33. The van der Waals surface area contributed by atoms with Gasteiger partial charge in [0, 0.05) is 0 Å². The maximum Gasteiger partial charge on any atom is 0.311 e. The fourth-order valence-electron chi connectivity index (χ4n) is 1.94. The van der Waals surface area contributed by atoms with Crippen molar-refractivity contribution in [3.05, 3.63) is 0 Å². The van der Waals surface area contributed by atoms with E-state index in [1.54, 1.807) is 0 Å². The predicted molar refractivity (Wildman–Crippen MR) is 35.3 cm³/mol. The quantitative estimate of drug-likeness (QED) is 0.592. The Morgan fingerprint density at radius 3 is 2.31 bits per heavy atom. The van der Waals surface area contributed by atoms with Crippen molar-refractivity contribution in [2.24, 2.45) is 11.8 Å². The molecule has 2 aliphatic rings. The van der Waals surface area contributed by atoms with Crippen molar-refractivity contribution in [1.82, 2.24) is 0 Å². The number of aliphatic hydroxyl groups excluding tert-OH is 1. The lowest BCUT2D eigenvalue weighted by Gasteiger charge is -2.19. The summed E-state index contributed by atoms with van der Waals surface area (Å²) in [4.78, 5) is 10.5. The summed E-state index contributed by atoms with van der Waals surface area (Å²) in [6.45, 7) is 0. The van der Waals surface area contributed by atoms with E-state index in [9.17, 15) is 18.7 Å².